The number of aliphatic hydroxyl groups excluding tert-OH is 1. The van der Waals surface area contributed by atoms with Crippen LogP contribution in [0.2, 0.25) is 0 Å². The van der Waals surface area contributed by atoms with Crippen LogP contribution in [0.3, 0.4) is 0 Å². The van der Waals surface area contributed by atoms with Crippen molar-refractivity contribution in [1.82, 2.24) is 0 Å². The first-order chi connectivity index (χ1) is 8.47. The molecule has 100 valence electrons. The van der Waals surface area contributed by atoms with Gasteiger partial charge in [0, 0.05) is 17.2 Å². The second kappa shape index (κ2) is 6.55. The topological polar surface area (TPSA) is 49.3 Å². The molecule has 3 nitrogen and oxygen atoms in total. The first kappa shape index (κ1) is 14.7. The summed E-state index contributed by atoms with van der Waals surface area (Å²) in [4.78, 5) is 12.3. The molecule has 0 aliphatic carbocycles. The van der Waals surface area contributed by atoms with Crippen LogP contribution >= 0.6 is 0 Å². The highest BCUT2D eigenvalue weighted by atomic mass is 16.3. The number of rotatable bonds is 5. The third kappa shape index (κ3) is 3.57. The van der Waals surface area contributed by atoms with E-state index in [9.17, 15) is 9.90 Å². The van der Waals surface area contributed by atoms with Crippen molar-refractivity contribution in [1.29, 1.82) is 0 Å². The fraction of sp³-hybridized carbons (Fsp3) is 0.533. The van der Waals surface area contributed by atoms with Gasteiger partial charge in [-0.2, -0.15) is 0 Å². The molecular weight excluding hydrogens is 226 g/mol. The molecule has 1 amide bonds. The number of carbonyl (C=O) groups is 1. The van der Waals surface area contributed by atoms with Crippen molar-refractivity contribution in [2.24, 2.45) is 17.8 Å². The maximum atomic E-state index is 12.3. The monoisotopic (exact) mass is 249 g/mol. The molecule has 0 spiro atoms. The van der Waals surface area contributed by atoms with E-state index in [1.165, 1.54) is 0 Å². The minimum absolute atomic E-state index is 0.0169. The first-order valence-electron chi connectivity index (χ1n) is 6.47. The molecule has 1 rings (SSSR count). The Morgan fingerprint density at radius 2 is 1.72 bits per heavy atom. The number of para-hydroxylation sites is 1. The average Bonchev–Trinajstić information content (AvgIpc) is 2.28. The van der Waals surface area contributed by atoms with Crippen molar-refractivity contribution in [3.63, 3.8) is 0 Å². The molecule has 0 aromatic heterocycles. The van der Waals surface area contributed by atoms with Crippen LogP contribution in [0, 0.1) is 17.8 Å². The minimum atomic E-state index is -0.0650. The van der Waals surface area contributed by atoms with E-state index in [4.69, 9.17) is 0 Å². The van der Waals surface area contributed by atoms with Crippen LogP contribution in [-0.4, -0.2) is 11.0 Å². The summed E-state index contributed by atoms with van der Waals surface area (Å²) in [6.45, 7) is 8.17. The van der Waals surface area contributed by atoms with E-state index in [0.29, 0.717) is 17.5 Å². The fourth-order valence-electron chi connectivity index (χ4n) is 2.37. The molecule has 1 aromatic rings. The van der Waals surface area contributed by atoms with E-state index >= 15 is 0 Å². The van der Waals surface area contributed by atoms with E-state index in [-0.39, 0.29) is 18.4 Å². The van der Waals surface area contributed by atoms with E-state index < -0.39 is 0 Å². The number of aliphatic hydroxyl groups is 1. The number of hydrogen-bond acceptors (Lipinski definition) is 2. The summed E-state index contributed by atoms with van der Waals surface area (Å²) in [6, 6.07) is 7.34. The zero-order chi connectivity index (χ0) is 13.7. The van der Waals surface area contributed by atoms with Gasteiger partial charge >= 0.3 is 0 Å². The Balaban J connectivity index is 2.86. The molecule has 0 radical (unpaired) electrons. The number of anilines is 1. The van der Waals surface area contributed by atoms with Crippen LogP contribution < -0.4 is 5.32 Å². The molecule has 0 saturated carbocycles. The minimum Gasteiger partial charge on any atom is -0.392 e. The first-order valence-corrected chi connectivity index (χ1v) is 6.47. The van der Waals surface area contributed by atoms with Crippen molar-refractivity contribution < 1.29 is 9.90 Å². The number of carbonyl (C=O) groups excluding carboxylic acids is 1. The highest BCUT2D eigenvalue weighted by Crippen LogP contribution is 2.23. The lowest BCUT2D eigenvalue weighted by atomic mass is 9.85. The van der Waals surface area contributed by atoms with Gasteiger partial charge in [-0.1, -0.05) is 45.9 Å². The van der Waals surface area contributed by atoms with Crippen molar-refractivity contribution in [3.05, 3.63) is 29.8 Å². The molecular formula is C15H23NO2. The summed E-state index contributed by atoms with van der Waals surface area (Å²) < 4.78 is 0. The van der Waals surface area contributed by atoms with Crippen LogP contribution in [0.15, 0.2) is 24.3 Å². The van der Waals surface area contributed by atoms with Gasteiger partial charge in [0.05, 0.1) is 6.61 Å². The quantitative estimate of drug-likeness (QED) is 0.842. The smallest absolute Gasteiger partial charge is 0.228 e. The lowest BCUT2D eigenvalue weighted by Gasteiger charge is -2.24. The SMILES string of the molecule is CC(C)C(C(=O)Nc1ccccc1CO)C(C)C. The Hall–Kier alpha value is -1.35. The number of hydrogen-bond donors (Lipinski definition) is 2. The Bertz CT molecular complexity index is 391. The van der Waals surface area contributed by atoms with Gasteiger partial charge < -0.3 is 10.4 Å². The Morgan fingerprint density at radius 1 is 1.17 bits per heavy atom. The van der Waals surface area contributed by atoms with Gasteiger partial charge in [-0.3, -0.25) is 4.79 Å². The molecule has 0 heterocycles. The molecule has 2 N–H and O–H groups in total. The highest BCUT2D eigenvalue weighted by molar-refractivity contribution is 5.93. The molecule has 0 unspecified atom stereocenters. The normalized spacial score (nSPS) is 11.3. The third-order valence-corrected chi connectivity index (χ3v) is 3.18. The maximum absolute atomic E-state index is 12.3. The molecule has 3 heteroatoms. The summed E-state index contributed by atoms with van der Waals surface area (Å²) in [7, 11) is 0. The zero-order valence-corrected chi connectivity index (χ0v) is 11.6. The van der Waals surface area contributed by atoms with Crippen LogP contribution in [0.5, 0.6) is 0 Å². The van der Waals surface area contributed by atoms with Crippen molar-refractivity contribution in [3.8, 4) is 0 Å². The molecule has 1 aromatic carbocycles. The van der Waals surface area contributed by atoms with Gasteiger partial charge in [-0.05, 0) is 17.9 Å². The molecule has 0 bridgehead atoms. The van der Waals surface area contributed by atoms with Gasteiger partial charge in [0.1, 0.15) is 0 Å². The molecule has 0 aliphatic heterocycles. The van der Waals surface area contributed by atoms with Crippen LogP contribution in [0.4, 0.5) is 5.69 Å². The number of benzene rings is 1. The third-order valence-electron chi connectivity index (χ3n) is 3.18. The van der Waals surface area contributed by atoms with Crippen molar-refractivity contribution in [2.75, 3.05) is 5.32 Å². The van der Waals surface area contributed by atoms with Gasteiger partial charge in [0.25, 0.3) is 0 Å². The van der Waals surface area contributed by atoms with E-state index in [1.807, 2.05) is 24.3 Å². The summed E-state index contributed by atoms with van der Waals surface area (Å²) in [5, 5.41) is 12.2. The standard InChI is InChI=1S/C15H23NO2/c1-10(2)14(11(3)4)15(18)16-13-8-6-5-7-12(13)9-17/h5-8,10-11,14,17H,9H2,1-4H3,(H,16,18). The summed E-state index contributed by atoms with van der Waals surface area (Å²) in [5.41, 5.74) is 1.45. The maximum Gasteiger partial charge on any atom is 0.228 e. The Labute approximate surface area is 109 Å². The Morgan fingerprint density at radius 3 is 2.22 bits per heavy atom. The largest absolute Gasteiger partial charge is 0.392 e. The second-order valence-electron chi connectivity index (χ2n) is 5.32. The molecule has 0 aliphatic rings. The van der Waals surface area contributed by atoms with Crippen LogP contribution in [0.1, 0.15) is 33.3 Å². The van der Waals surface area contributed by atoms with E-state index in [2.05, 4.69) is 33.0 Å². The average molecular weight is 249 g/mol. The van der Waals surface area contributed by atoms with Crippen molar-refractivity contribution in [2.45, 2.75) is 34.3 Å². The van der Waals surface area contributed by atoms with Crippen molar-refractivity contribution >= 4 is 11.6 Å². The van der Waals surface area contributed by atoms with Gasteiger partial charge in [0.2, 0.25) is 5.91 Å². The fourth-order valence-corrected chi connectivity index (χ4v) is 2.37. The summed E-state index contributed by atoms with van der Waals surface area (Å²) >= 11 is 0. The molecule has 0 fully saturated rings. The van der Waals surface area contributed by atoms with Crippen LogP contribution in [-0.2, 0) is 11.4 Å². The summed E-state index contributed by atoms with van der Waals surface area (Å²) in [5.74, 6) is 0.607. The molecule has 0 atom stereocenters. The predicted octanol–water partition coefficient (Wildman–Crippen LogP) is 3.05. The van der Waals surface area contributed by atoms with Crippen LogP contribution in [0.25, 0.3) is 0 Å². The van der Waals surface area contributed by atoms with Gasteiger partial charge in [-0.25, -0.2) is 0 Å². The predicted molar refractivity (Wildman–Crippen MR) is 74.2 cm³/mol. The van der Waals surface area contributed by atoms with Gasteiger partial charge in [-0.15, -0.1) is 0 Å². The zero-order valence-electron chi connectivity index (χ0n) is 11.6. The van der Waals surface area contributed by atoms with E-state index in [0.717, 1.165) is 5.56 Å². The number of amides is 1. The second-order valence-corrected chi connectivity index (χ2v) is 5.32. The van der Waals surface area contributed by atoms with Gasteiger partial charge in [0.15, 0.2) is 0 Å². The molecule has 0 saturated heterocycles. The lowest BCUT2D eigenvalue weighted by Crippen LogP contribution is -2.31. The summed E-state index contributed by atoms with van der Waals surface area (Å²) in [6.07, 6.45) is 0. The van der Waals surface area contributed by atoms with E-state index in [1.54, 1.807) is 0 Å². The number of nitrogens with one attached hydrogen (secondary N) is 1. The Kier molecular flexibility index (Phi) is 5.35. The molecule has 18 heavy (non-hydrogen) atoms. The lowest BCUT2D eigenvalue weighted by molar-refractivity contribution is -0.122. The highest BCUT2D eigenvalue weighted by Gasteiger charge is 2.25.